The number of aromatic nitrogens is 1. The van der Waals surface area contributed by atoms with Crippen molar-refractivity contribution in [3.63, 3.8) is 0 Å². The molecule has 0 unspecified atom stereocenters. The molecule has 6 nitrogen and oxygen atoms in total. The standard InChI is InChI=1S/C13H20N2O4/c1-3-5-17-6-7-19-12-8-10(11(14)9-15-12)13(16)18-4-2/h8-9H,3-7,14H2,1-2H3. The van der Waals surface area contributed by atoms with Crippen LogP contribution in [-0.2, 0) is 9.47 Å². The number of hydrogen-bond acceptors (Lipinski definition) is 6. The highest BCUT2D eigenvalue weighted by molar-refractivity contribution is 5.95. The molecule has 106 valence electrons. The van der Waals surface area contributed by atoms with E-state index < -0.39 is 5.97 Å². The Bertz CT molecular complexity index is 410. The summed E-state index contributed by atoms with van der Waals surface area (Å²) in [5, 5.41) is 0. The second-order valence-corrected chi connectivity index (χ2v) is 3.79. The highest BCUT2D eigenvalue weighted by Gasteiger charge is 2.12. The molecule has 0 aromatic carbocycles. The van der Waals surface area contributed by atoms with Crippen LogP contribution in [-0.4, -0.2) is 37.4 Å². The summed E-state index contributed by atoms with van der Waals surface area (Å²) >= 11 is 0. The van der Waals surface area contributed by atoms with Crippen molar-refractivity contribution >= 4 is 11.7 Å². The van der Waals surface area contributed by atoms with E-state index in [1.807, 2.05) is 6.92 Å². The first kappa shape index (κ1) is 15.2. The molecule has 0 saturated carbocycles. The van der Waals surface area contributed by atoms with Gasteiger partial charge in [0.1, 0.15) is 6.61 Å². The van der Waals surface area contributed by atoms with Gasteiger partial charge in [0.15, 0.2) is 0 Å². The van der Waals surface area contributed by atoms with E-state index in [0.717, 1.165) is 6.42 Å². The number of nitrogens with zero attached hydrogens (tertiary/aromatic N) is 1. The van der Waals surface area contributed by atoms with Gasteiger partial charge in [-0.3, -0.25) is 0 Å². The van der Waals surface area contributed by atoms with E-state index in [0.29, 0.717) is 32.3 Å². The summed E-state index contributed by atoms with van der Waals surface area (Å²) in [6.45, 7) is 5.62. The molecule has 0 radical (unpaired) electrons. The van der Waals surface area contributed by atoms with Gasteiger partial charge < -0.3 is 19.9 Å². The quantitative estimate of drug-likeness (QED) is 0.570. The van der Waals surface area contributed by atoms with Crippen molar-refractivity contribution in [3.05, 3.63) is 17.8 Å². The van der Waals surface area contributed by atoms with Crippen LogP contribution in [0.2, 0.25) is 0 Å². The van der Waals surface area contributed by atoms with Gasteiger partial charge in [0.25, 0.3) is 0 Å². The number of rotatable bonds is 8. The molecular formula is C13H20N2O4. The van der Waals surface area contributed by atoms with Crippen LogP contribution in [0, 0.1) is 0 Å². The summed E-state index contributed by atoms with van der Waals surface area (Å²) in [6.07, 6.45) is 2.35. The van der Waals surface area contributed by atoms with E-state index in [4.69, 9.17) is 19.9 Å². The Kier molecular flexibility index (Phi) is 6.67. The highest BCUT2D eigenvalue weighted by atomic mass is 16.5. The highest BCUT2D eigenvalue weighted by Crippen LogP contribution is 2.17. The van der Waals surface area contributed by atoms with E-state index in [1.54, 1.807) is 6.92 Å². The molecule has 2 N–H and O–H groups in total. The number of ether oxygens (including phenoxy) is 3. The van der Waals surface area contributed by atoms with Crippen LogP contribution in [0.3, 0.4) is 0 Å². The Hall–Kier alpha value is -1.82. The minimum Gasteiger partial charge on any atom is -0.475 e. The Morgan fingerprint density at radius 1 is 1.32 bits per heavy atom. The molecule has 1 aromatic rings. The lowest BCUT2D eigenvalue weighted by Gasteiger charge is -2.09. The predicted molar refractivity (Wildman–Crippen MR) is 71.2 cm³/mol. The van der Waals surface area contributed by atoms with Crippen molar-refractivity contribution < 1.29 is 19.0 Å². The summed E-state index contributed by atoms with van der Waals surface area (Å²) in [5.74, 6) is -0.146. The van der Waals surface area contributed by atoms with E-state index in [2.05, 4.69) is 4.98 Å². The average molecular weight is 268 g/mol. The van der Waals surface area contributed by atoms with Gasteiger partial charge in [0.05, 0.1) is 30.7 Å². The second-order valence-electron chi connectivity index (χ2n) is 3.79. The van der Waals surface area contributed by atoms with Crippen molar-refractivity contribution in [1.82, 2.24) is 4.98 Å². The summed E-state index contributed by atoms with van der Waals surface area (Å²) in [4.78, 5) is 15.6. The molecule has 0 fully saturated rings. The van der Waals surface area contributed by atoms with Crippen molar-refractivity contribution in [2.75, 3.05) is 32.2 Å². The molecule has 1 aromatic heterocycles. The molecule has 0 aliphatic rings. The van der Waals surface area contributed by atoms with E-state index in [-0.39, 0.29) is 11.3 Å². The topological polar surface area (TPSA) is 83.7 Å². The maximum Gasteiger partial charge on any atom is 0.340 e. The molecular weight excluding hydrogens is 248 g/mol. The first-order valence-corrected chi connectivity index (χ1v) is 6.32. The molecule has 0 saturated heterocycles. The van der Waals surface area contributed by atoms with Gasteiger partial charge >= 0.3 is 5.97 Å². The predicted octanol–water partition coefficient (Wildman–Crippen LogP) is 1.65. The number of hydrogen-bond donors (Lipinski definition) is 1. The zero-order valence-electron chi connectivity index (χ0n) is 11.3. The third-order valence-electron chi connectivity index (χ3n) is 2.23. The number of anilines is 1. The van der Waals surface area contributed by atoms with Crippen molar-refractivity contribution in [3.8, 4) is 5.88 Å². The van der Waals surface area contributed by atoms with Gasteiger partial charge in [0, 0.05) is 12.7 Å². The molecule has 0 amide bonds. The monoisotopic (exact) mass is 268 g/mol. The molecule has 19 heavy (non-hydrogen) atoms. The van der Waals surface area contributed by atoms with Gasteiger partial charge in [-0.1, -0.05) is 6.92 Å². The second kappa shape index (κ2) is 8.31. The number of nitrogens with two attached hydrogens (primary N) is 1. The lowest BCUT2D eigenvalue weighted by molar-refractivity contribution is 0.0526. The first-order valence-electron chi connectivity index (χ1n) is 6.32. The Morgan fingerprint density at radius 2 is 2.11 bits per heavy atom. The normalized spacial score (nSPS) is 10.2. The molecule has 6 heteroatoms. The largest absolute Gasteiger partial charge is 0.475 e. The fourth-order valence-corrected chi connectivity index (χ4v) is 1.36. The van der Waals surface area contributed by atoms with Crippen LogP contribution in [0.25, 0.3) is 0 Å². The van der Waals surface area contributed by atoms with Crippen LogP contribution in [0.5, 0.6) is 5.88 Å². The Balaban J connectivity index is 2.55. The average Bonchev–Trinajstić information content (AvgIpc) is 2.40. The van der Waals surface area contributed by atoms with Gasteiger partial charge in [-0.15, -0.1) is 0 Å². The van der Waals surface area contributed by atoms with E-state index >= 15 is 0 Å². The zero-order valence-corrected chi connectivity index (χ0v) is 11.3. The van der Waals surface area contributed by atoms with Crippen LogP contribution in [0.4, 0.5) is 5.69 Å². The van der Waals surface area contributed by atoms with Crippen LogP contribution in [0.1, 0.15) is 30.6 Å². The van der Waals surface area contributed by atoms with Crippen LogP contribution < -0.4 is 10.5 Å². The summed E-state index contributed by atoms with van der Waals surface area (Å²) in [6, 6.07) is 1.48. The SMILES string of the molecule is CCCOCCOc1cc(C(=O)OCC)c(N)cn1. The minimum absolute atomic E-state index is 0.265. The fraction of sp³-hybridized carbons (Fsp3) is 0.538. The Labute approximate surface area is 112 Å². The van der Waals surface area contributed by atoms with Crippen LogP contribution in [0.15, 0.2) is 12.3 Å². The third kappa shape index (κ3) is 5.13. The number of pyridine rings is 1. The molecule has 1 heterocycles. The zero-order chi connectivity index (χ0) is 14.1. The lowest BCUT2D eigenvalue weighted by atomic mass is 10.2. The summed E-state index contributed by atoms with van der Waals surface area (Å²) < 4.78 is 15.5. The molecule has 0 aliphatic carbocycles. The van der Waals surface area contributed by atoms with E-state index in [1.165, 1.54) is 12.3 Å². The van der Waals surface area contributed by atoms with Crippen LogP contribution >= 0.6 is 0 Å². The third-order valence-corrected chi connectivity index (χ3v) is 2.23. The maximum absolute atomic E-state index is 11.6. The minimum atomic E-state index is -0.477. The van der Waals surface area contributed by atoms with Crippen molar-refractivity contribution in [2.24, 2.45) is 0 Å². The van der Waals surface area contributed by atoms with Gasteiger partial charge in [-0.25, -0.2) is 9.78 Å². The van der Waals surface area contributed by atoms with Crippen molar-refractivity contribution in [1.29, 1.82) is 0 Å². The van der Waals surface area contributed by atoms with E-state index in [9.17, 15) is 4.79 Å². The Morgan fingerprint density at radius 3 is 2.79 bits per heavy atom. The number of esters is 1. The summed E-state index contributed by atoms with van der Waals surface area (Å²) in [5.41, 5.74) is 6.21. The van der Waals surface area contributed by atoms with Gasteiger partial charge in [-0.2, -0.15) is 0 Å². The van der Waals surface area contributed by atoms with Gasteiger partial charge in [0.2, 0.25) is 5.88 Å². The first-order chi connectivity index (χ1) is 9.19. The maximum atomic E-state index is 11.6. The molecule has 1 rings (SSSR count). The molecule has 0 aliphatic heterocycles. The van der Waals surface area contributed by atoms with Gasteiger partial charge in [-0.05, 0) is 13.3 Å². The number of nitrogen functional groups attached to an aromatic ring is 1. The number of carbonyl (C=O) groups is 1. The molecule has 0 atom stereocenters. The molecule has 0 spiro atoms. The lowest BCUT2D eigenvalue weighted by Crippen LogP contribution is -2.11. The van der Waals surface area contributed by atoms with Crippen molar-refractivity contribution in [2.45, 2.75) is 20.3 Å². The fourth-order valence-electron chi connectivity index (χ4n) is 1.36. The molecule has 0 bridgehead atoms. The smallest absolute Gasteiger partial charge is 0.340 e. The summed E-state index contributed by atoms with van der Waals surface area (Å²) in [7, 11) is 0. The number of carbonyl (C=O) groups excluding carboxylic acids is 1.